The first-order valence-corrected chi connectivity index (χ1v) is 6.97. The monoisotopic (exact) mass is 315 g/mol. The van der Waals surface area contributed by atoms with E-state index >= 15 is 0 Å². The van der Waals surface area contributed by atoms with Gasteiger partial charge in [-0.1, -0.05) is 23.7 Å². The number of para-hydroxylation sites is 2. The third-order valence-electron chi connectivity index (χ3n) is 3.08. The van der Waals surface area contributed by atoms with Crippen LogP contribution in [0.4, 0.5) is 11.6 Å². The lowest BCUT2D eigenvalue weighted by molar-refractivity contribution is 0.417. The van der Waals surface area contributed by atoms with E-state index in [4.69, 9.17) is 16.3 Å². The lowest BCUT2D eigenvalue weighted by Gasteiger charge is -2.10. The van der Waals surface area contributed by atoms with Gasteiger partial charge in [0.15, 0.2) is 0 Å². The maximum Gasteiger partial charge on any atom is 0.227 e. The van der Waals surface area contributed by atoms with Crippen molar-refractivity contribution in [2.75, 3.05) is 12.4 Å². The molecule has 0 bridgehead atoms. The molecule has 0 amide bonds. The smallest absolute Gasteiger partial charge is 0.227 e. The summed E-state index contributed by atoms with van der Waals surface area (Å²) in [6.07, 6.45) is 5.12. The molecule has 0 saturated carbocycles. The highest BCUT2D eigenvalue weighted by Gasteiger charge is 2.11. The van der Waals surface area contributed by atoms with Crippen LogP contribution < -0.4 is 10.1 Å². The second-order valence-corrected chi connectivity index (χ2v) is 5.03. The minimum atomic E-state index is 0.438. The molecule has 0 unspecified atom stereocenters. The van der Waals surface area contributed by atoms with Crippen LogP contribution in [0.3, 0.4) is 0 Å². The van der Waals surface area contributed by atoms with Gasteiger partial charge in [-0.25, -0.2) is 9.97 Å². The van der Waals surface area contributed by atoms with Crippen molar-refractivity contribution < 1.29 is 4.74 Å². The lowest BCUT2D eigenvalue weighted by Crippen LogP contribution is -2.00. The molecule has 1 N–H and O–H groups in total. The average Bonchev–Trinajstić information content (AvgIpc) is 2.96. The highest BCUT2D eigenvalue weighted by atomic mass is 35.5. The molecule has 2 heterocycles. The van der Waals surface area contributed by atoms with Crippen molar-refractivity contribution in [3.63, 3.8) is 0 Å². The molecule has 0 aliphatic rings. The number of ether oxygens (including phenoxy) is 1. The first-order chi connectivity index (χ1) is 10.7. The number of aromatic nitrogens is 4. The number of hydrogen-bond donors (Lipinski definition) is 1. The van der Waals surface area contributed by atoms with Crippen LogP contribution in [0.2, 0.25) is 5.02 Å². The number of nitrogens with zero attached hydrogens (tertiary/aromatic N) is 4. The number of anilines is 2. The number of halogens is 1. The Labute approximate surface area is 132 Å². The summed E-state index contributed by atoms with van der Waals surface area (Å²) in [5.41, 5.74) is 2.24. The van der Waals surface area contributed by atoms with Crippen molar-refractivity contribution >= 4 is 23.2 Å². The molecule has 0 atom stereocenters. The zero-order chi connectivity index (χ0) is 15.5. The highest BCUT2D eigenvalue weighted by Crippen LogP contribution is 2.29. The van der Waals surface area contributed by atoms with Crippen LogP contribution in [0.5, 0.6) is 5.75 Å². The Morgan fingerprint density at radius 3 is 2.77 bits per heavy atom. The van der Waals surface area contributed by atoms with E-state index in [-0.39, 0.29) is 0 Å². The van der Waals surface area contributed by atoms with Crippen molar-refractivity contribution in [3.05, 3.63) is 47.9 Å². The van der Waals surface area contributed by atoms with Gasteiger partial charge in [0, 0.05) is 18.8 Å². The first kappa shape index (κ1) is 14.3. The molecule has 0 fully saturated rings. The number of rotatable bonds is 4. The van der Waals surface area contributed by atoms with Crippen LogP contribution in [0, 0.1) is 0 Å². The second kappa shape index (κ2) is 6.03. The Bertz CT molecular complexity index is 802. The fraction of sp³-hybridized carbons (Fsp3) is 0.133. The Morgan fingerprint density at radius 1 is 1.23 bits per heavy atom. The van der Waals surface area contributed by atoms with E-state index in [9.17, 15) is 0 Å². The molecule has 0 radical (unpaired) electrons. The number of methoxy groups -OCH3 is 1. The van der Waals surface area contributed by atoms with Crippen LogP contribution in [-0.2, 0) is 7.05 Å². The summed E-state index contributed by atoms with van der Waals surface area (Å²) in [5, 5.41) is 7.74. The van der Waals surface area contributed by atoms with E-state index in [0.717, 1.165) is 11.3 Å². The normalized spacial score (nSPS) is 10.5. The number of benzene rings is 1. The molecule has 3 rings (SSSR count). The Balaban J connectivity index is 1.95. The summed E-state index contributed by atoms with van der Waals surface area (Å²) < 4.78 is 7.00. The van der Waals surface area contributed by atoms with Gasteiger partial charge in [0.25, 0.3) is 0 Å². The largest absolute Gasteiger partial charge is 0.495 e. The predicted octanol–water partition coefficient (Wildman–Crippen LogP) is 3.28. The Morgan fingerprint density at radius 2 is 2.05 bits per heavy atom. The van der Waals surface area contributed by atoms with Gasteiger partial charge in [-0.05, 0) is 12.1 Å². The van der Waals surface area contributed by atoms with E-state index in [0.29, 0.717) is 22.4 Å². The molecule has 7 heteroatoms. The maximum atomic E-state index is 6.19. The van der Waals surface area contributed by atoms with E-state index in [2.05, 4.69) is 20.4 Å². The minimum Gasteiger partial charge on any atom is -0.495 e. The van der Waals surface area contributed by atoms with E-state index in [1.807, 2.05) is 37.5 Å². The summed E-state index contributed by atoms with van der Waals surface area (Å²) in [4.78, 5) is 8.67. The van der Waals surface area contributed by atoms with Crippen LogP contribution in [-0.4, -0.2) is 26.9 Å². The fourth-order valence-electron chi connectivity index (χ4n) is 2.04. The molecule has 0 aliphatic heterocycles. The Kier molecular flexibility index (Phi) is 3.93. The lowest BCUT2D eigenvalue weighted by atomic mass is 10.2. The molecule has 6 nitrogen and oxygen atoms in total. The molecule has 2 aromatic heterocycles. The SMILES string of the molecule is COc1ccccc1Nc1ncc(Cl)c(-c2cnn(C)c2)n1. The average molecular weight is 316 g/mol. The van der Waals surface area contributed by atoms with Crippen LogP contribution >= 0.6 is 11.6 Å². The summed E-state index contributed by atoms with van der Waals surface area (Å²) in [5.74, 6) is 1.15. The summed E-state index contributed by atoms with van der Waals surface area (Å²) in [7, 11) is 3.46. The van der Waals surface area contributed by atoms with Gasteiger partial charge in [0.2, 0.25) is 5.95 Å². The molecule has 0 saturated heterocycles. The van der Waals surface area contributed by atoms with Crippen LogP contribution in [0.25, 0.3) is 11.3 Å². The standard InChI is InChI=1S/C15H14ClN5O/c1-21-9-10(7-18-21)14-11(16)8-17-15(20-14)19-12-5-3-4-6-13(12)22-2/h3-9H,1-2H3,(H,17,19,20). The topological polar surface area (TPSA) is 64.9 Å². The third-order valence-corrected chi connectivity index (χ3v) is 3.35. The van der Waals surface area contributed by atoms with Crippen molar-refractivity contribution in [1.82, 2.24) is 19.7 Å². The van der Waals surface area contributed by atoms with Crippen molar-refractivity contribution in [1.29, 1.82) is 0 Å². The highest BCUT2D eigenvalue weighted by molar-refractivity contribution is 6.32. The molecule has 22 heavy (non-hydrogen) atoms. The molecule has 3 aromatic rings. The second-order valence-electron chi connectivity index (χ2n) is 4.62. The van der Waals surface area contributed by atoms with Crippen LogP contribution in [0.15, 0.2) is 42.9 Å². The van der Waals surface area contributed by atoms with Gasteiger partial charge in [0.05, 0.1) is 35.9 Å². The first-order valence-electron chi connectivity index (χ1n) is 6.59. The number of nitrogens with one attached hydrogen (secondary N) is 1. The summed E-state index contributed by atoms with van der Waals surface area (Å²) in [6.45, 7) is 0. The quantitative estimate of drug-likeness (QED) is 0.800. The molecule has 0 aliphatic carbocycles. The molecule has 1 aromatic carbocycles. The van der Waals surface area contributed by atoms with Gasteiger partial charge >= 0.3 is 0 Å². The van der Waals surface area contributed by atoms with Crippen molar-refractivity contribution in [3.8, 4) is 17.0 Å². The molecule has 112 valence electrons. The van der Waals surface area contributed by atoms with Crippen LogP contribution in [0.1, 0.15) is 0 Å². The third kappa shape index (κ3) is 2.87. The van der Waals surface area contributed by atoms with Gasteiger partial charge in [0.1, 0.15) is 5.75 Å². The summed E-state index contributed by atoms with van der Waals surface area (Å²) in [6, 6.07) is 7.55. The van der Waals surface area contributed by atoms with Gasteiger partial charge < -0.3 is 10.1 Å². The maximum absolute atomic E-state index is 6.19. The predicted molar refractivity (Wildman–Crippen MR) is 85.5 cm³/mol. The van der Waals surface area contributed by atoms with Crippen molar-refractivity contribution in [2.24, 2.45) is 7.05 Å². The molecule has 0 spiro atoms. The van der Waals surface area contributed by atoms with E-state index < -0.39 is 0 Å². The molecular weight excluding hydrogens is 302 g/mol. The Hall–Kier alpha value is -2.60. The summed E-state index contributed by atoms with van der Waals surface area (Å²) >= 11 is 6.19. The van der Waals surface area contributed by atoms with Crippen molar-refractivity contribution in [2.45, 2.75) is 0 Å². The van der Waals surface area contributed by atoms with Gasteiger partial charge in [-0.2, -0.15) is 5.10 Å². The van der Waals surface area contributed by atoms with Gasteiger partial charge in [-0.15, -0.1) is 0 Å². The zero-order valence-corrected chi connectivity index (χ0v) is 12.9. The number of hydrogen-bond acceptors (Lipinski definition) is 5. The fourth-order valence-corrected chi connectivity index (χ4v) is 2.24. The molecular formula is C15H14ClN5O. The minimum absolute atomic E-state index is 0.438. The zero-order valence-electron chi connectivity index (χ0n) is 12.1. The van der Waals surface area contributed by atoms with Gasteiger partial charge in [-0.3, -0.25) is 4.68 Å². The van der Waals surface area contributed by atoms with E-state index in [1.165, 1.54) is 0 Å². The number of aryl methyl sites for hydroxylation is 1. The van der Waals surface area contributed by atoms with E-state index in [1.54, 1.807) is 24.2 Å².